The lowest BCUT2D eigenvalue weighted by Crippen LogP contribution is -2.15. The highest BCUT2D eigenvalue weighted by Gasteiger charge is 2.10. The number of aryl methyl sites for hydroxylation is 1. The minimum atomic E-state index is -0.126. The van der Waals surface area contributed by atoms with E-state index in [2.05, 4.69) is 15.3 Å². The molecule has 0 fully saturated rings. The van der Waals surface area contributed by atoms with E-state index >= 15 is 0 Å². The van der Waals surface area contributed by atoms with E-state index in [4.69, 9.17) is 4.74 Å². The van der Waals surface area contributed by atoms with Crippen LogP contribution in [0.4, 0.5) is 5.69 Å². The number of aromatic nitrogens is 2. The number of anilines is 1. The average molecular weight is 379 g/mol. The maximum atomic E-state index is 12.3. The van der Waals surface area contributed by atoms with Crippen molar-refractivity contribution in [2.45, 2.75) is 19.0 Å². The molecule has 1 aromatic heterocycles. The van der Waals surface area contributed by atoms with Crippen LogP contribution in [0.5, 0.6) is 5.75 Å². The highest BCUT2D eigenvalue weighted by atomic mass is 32.2. The van der Waals surface area contributed by atoms with Crippen LogP contribution in [0.15, 0.2) is 65.8 Å². The molecule has 0 aliphatic heterocycles. The molecule has 0 spiro atoms. The molecule has 27 heavy (non-hydrogen) atoms. The molecule has 5 nitrogen and oxygen atoms in total. The van der Waals surface area contributed by atoms with E-state index in [0.29, 0.717) is 23.2 Å². The van der Waals surface area contributed by atoms with Gasteiger partial charge in [-0.15, -0.1) is 0 Å². The van der Waals surface area contributed by atoms with Gasteiger partial charge in [0.25, 0.3) is 0 Å². The van der Waals surface area contributed by atoms with Gasteiger partial charge in [-0.1, -0.05) is 54.2 Å². The van der Waals surface area contributed by atoms with Gasteiger partial charge in [0, 0.05) is 11.3 Å². The Bertz CT molecular complexity index is 916. The van der Waals surface area contributed by atoms with Crippen LogP contribution in [0, 0.1) is 6.92 Å². The van der Waals surface area contributed by atoms with Gasteiger partial charge in [-0.2, -0.15) is 0 Å². The molecule has 1 amide bonds. The van der Waals surface area contributed by atoms with Crippen molar-refractivity contribution in [3.8, 4) is 17.0 Å². The van der Waals surface area contributed by atoms with E-state index in [9.17, 15) is 4.79 Å². The number of carbonyl (C=O) groups excluding carboxylic acids is 1. The summed E-state index contributed by atoms with van der Waals surface area (Å²) in [6, 6.07) is 19.3. The number of rotatable bonds is 7. The lowest BCUT2D eigenvalue weighted by molar-refractivity contribution is -0.113. The van der Waals surface area contributed by atoms with Crippen LogP contribution >= 0.6 is 11.8 Å². The van der Waals surface area contributed by atoms with Crippen molar-refractivity contribution in [1.29, 1.82) is 0 Å². The second-order valence-electron chi connectivity index (χ2n) is 5.81. The molecule has 6 heteroatoms. The third-order valence-corrected chi connectivity index (χ3v) is 4.54. The molecule has 2 aromatic carbocycles. The Morgan fingerprint density at radius 1 is 1.07 bits per heavy atom. The molecule has 3 rings (SSSR count). The van der Waals surface area contributed by atoms with E-state index < -0.39 is 0 Å². The van der Waals surface area contributed by atoms with Gasteiger partial charge >= 0.3 is 0 Å². The molecule has 0 saturated heterocycles. The van der Waals surface area contributed by atoms with E-state index in [1.165, 1.54) is 11.8 Å². The van der Waals surface area contributed by atoms with Crippen LogP contribution in [-0.4, -0.2) is 28.2 Å². The standard InChI is InChI=1S/C21H21N3O2S/c1-3-26-19-12-8-7-11-17(19)23-20(25)14-27-21-22-15(2)13-18(24-21)16-9-5-4-6-10-16/h4-13H,3,14H2,1-2H3,(H,23,25). The minimum Gasteiger partial charge on any atom is -0.492 e. The van der Waals surface area contributed by atoms with Crippen molar-refractivity contribution < 1.29 is 9.53 Å². The number of para-hydroxylation sites is 2. The molecular formula is C21H21N3O2S. The molecule has 0 radical (unpaired) electrons. The zero-order valence-electron chi connectivity index (χ0n) is 15.3. The van der Waals surface area contributed by atoms with Crippen molar-refractivity contribution >= 4 is 23.4 Å². The third kappa shape index (κ3) is 5.31. The Kier molecular flexibility index (Phi) is 6.44. The summed E-state index contributed by atoms with van der Waals surface area (Å²) in [5.41, 5.74) is 3.42. The predicted molar refractivity (Wildman–Crippen MR) is 109 cm³/mol. The number of nitrogens with one attached hydrogen (secondary N) is 1. The molecule has 1 N–H and O–H groups in total. The van der Waals surface area contributed by atoms with Crippen molar-refractivity contribution in [2.75, 3.05) is 17.7 Å². The normalized spacial score (nSPS) is 10.4. The summed E-state index contributed by atoms with van der Waals surface area (Å²) in [4.78, 5) is 21.3. The number of benzene rings is 2. The summed E-state index contributed by atoms with van der Waals surface area (Å²) in [6.07, 6.45) is 0. The van der Waals surface area contributed by atoms with Crippen LogP contribution in [0.2, 0.25) is 0 Å². The molecule has 0 bridgehead atoms. The molecule has 0 aliphatic rings. The summed E-state index contributed by atoms with van der Waals surface area (Å²) in [7, 11) is 0. The summed E-state index contributed by atoms with van der Waals surface area (Å²) in [5, 5.41) is 3.47. The highest BCUT2D eigenvalue weighted by Crippen LogP contribution is 2.25. The Morgan fingerprint density at radius 3 is 2.59 bits per heavy atom. The lowest BCUT2D eigenvalue weighted by Gasteiger charge is -2.11. The number of thioether (sulfide) groups is 1. The van der Waals surface area contributed by atoms with E-state index in [0.717, 1.165) is 17.0 Å². The van der Waals surface area contributed by atoms with Crippen molar-refractivity contribution in [3.05, 3.63) is 66.4 Å². The molecule has 0 saturated carbocycles. The van der Waals surface area contributed by atoms with Crippen molar-refractivity contribution in [3.63, 3.8) is 0 Å². The molecule has 0 aliphatic carbocycles. The SMILES string of the molecule is CCOc1ccccc1NC(=O)CSc1nc(C)cc(-c2ccccc2)n1. The molecule has 138 valence electrons. The fraction of sp³-hybridized carbons (Fsp3) is 0.190. The first-order chi connectivity index (χ1) is 13.2. The van der Waals surface area contributed by atoms with Crippen molar-refractivity contribution in [2.24, 2.45) is 0 Å². The maximum Gasteiger partial charge on any atom is 0.234 e. The summed E-state index contributed by atoms with van der Waals surface area (Å²) in [5.74, 6) is 0.757. The molecule has 0 atom stereocenters. The zero-order chi connectivity index (χ0) is 19.1. The molecule has 3 aromatic rings. The van der Waals surface area contributed by atoms with Crippen molar-refractivity contribution in [1.82, 2.24) is 9.97 Å². The molecule has 0 unspecified atom stereocenters. The number of hydrogen-bond acceptors (Lipinski definition) is 5. The van der Waals surface area contributed by atoms with Crippen LogP contribution < -0.4 is 10.1 Å². The number of ether oxygens (including phenoxy) is 1. The summed E-state index contributed by atoms with van der Waals surface area (Å²) in [6.45, 7) is 4.38. The van der Waals surface area contributed by atoms with Crippen LogP contribution in [0.3, 0.4) is 0 Å². The summed E-state index contributed by atoms with van der Waals surface area (Å²) >= 11 is 1.31. The lowest BCUT2D eigenvalue weighted by atomic mass is 10.1. The predicted octanol–water partition coefficient (Wildman–Crippen LogP) is 4.58. The second kappa shape index (κ2) is 9.19. The Labute approximate surface area is 163 Å². The monoisotopic (exact) mass is 379 g/mol. The number of hydrogen-bond donors (Lipinski definition) is 1. The van der Waals surface area contributed by atoms with Gasteiger partial charge in [-0.25, -0.2) is 9.97 Å². The minimum absolute atomic E-state index is 0.126. The van der Waals surface area contributed by atoms with E-state index in [1.54, 1.807) is 0 Å². The Hall–Kier alpha value is -2.86. The first-order valence-corrected chi connectivity index (χ1v) is 9.70. The van der Waals surface area contributed by atoms with Crippen LogP contribution in [0.1, 0.15) is 12.6 Å². The van der Waals surface area contributed by atoms with Gasteiger partial charge in [0.2, 0.25) is 5.91 Å². The molecular weight excluding hydrogens is 358 g/mol. The van der Waals surface area contributed by atoms with Gasteiger partial charge in [0.05, 0.1) is 23.7 Å². The van der Waals surface area contributed by atoms with Gasteiger partial charge in [0.15, 0.2) is 5.16 Å². The maximum absolute atomic E-state index is 12.3. The smallest absolute Gasteiger partial charge is 0.234 e. The topological polar surface area (TPSA) is 64.1 Å². The quantitative estimate of drug-likeness (QED) is 0.481. The Balaban J connectivity index is 1.66. The van der Waals surface area contributed by atoms with Crippen LogP contribution in [0.25, 0.3) is 11.3 Å². The average Bonchev–Trinajstić information content (AvgIpc) is 2.68. The first-order valence-electron chi connectivity index (χ1n) is 8.71. The third-order valence-electron chi connectivity index (χ3n) is 3.70. The van der Waals surface area contributed by atoms with E-state index in [-0.39, 0.29) is 11.7 Å². The van der Waals surface area contributed by atoms with Gasteiger partial charge in [0.1, 0.15) is 5.75 Å². The van der Waals surface area contributed by atoms with E-state index in [1.807, 2.05) is 74.5 Å². The fourth-order valence-corrected chi connectivity index (χ4v) is 3.23. The largest absolute Gasteiger partial charge is 0.492 e. The summed E-state index contributed by atoms with van der Waals surface area (Å²) < 4.78 is 5.53. The number of nitrogens with zero attached hydrogens (tertiary/aromatic N) is 2. The fourth-order valence-electron chi connectivity index (χ4n) is 2.53. The first kappa shape index (κ1) is 18.9. The van der Waals surface area contributed by atoms with Gasteiger partial charge in [-0.05, 0) is 32.0 Å². The number of amides is 1. The van der Waals surface area contributed by atoms with Crippen LogP contribution in [-0.2, 0) is 4.79 Å². The highest BCUT2D eigenvalue weighted by molar-refractivity contribution is 7.99. The molecule has 1 heterocycles. The number of carbonyl (C=O) groups is 1. The van der Waals surface area contributed by atoms with Gasteiger partial charge in [-0.3, -0.25) is 4.79 Å². The zero-order valence-corrected chi connectivity index (χ0v) is 16.1. The Morgan fingerprint density at radius 2 is 1.81 bits per heavy atom. The second-order valence-corrected chi connectivity index (χ2v) is 6.75. The van der Waals surface area contributed by atoms with Gasteiger partial charge < -0.3 is 10.1 Å².